The number of hydrogen-bond donors (Lipinski definition) is 2. The third kappa shape index (κ3) is 3.34. The molecular formula is C15H16F2N2O2. The van der Waals surface area contributed by atoms with Crippen LogP contribution in [-0.2, 0) is 0 Å². The molecule has 0 radical (unpaired) electrons. The van der Waals surface area contributed by atoms with E-state index >= 15 is 0 Å². The summed E-state index contributed by atoms with van der Waals surface area (Å²) >= 11 is 0. The summed E-state index contributed by atoms with van der Waals surface area (Å²) in [5.74, 6) is -0.820. The van der Waals surface area contributed by atoms with Gasteiger partial charge < -0.3 is 20.5 Å². The second kappa shape index (κ2) is 6.30. The molecule has 4 nitrogen and oxygen atoms in total. The van der Waals surface area contributed by atoms with Gasteiger partial charge in [0.05, 0.1) is 25.1 Å². The van der Waals surface area contributed by atoms with Crippen molar-refractivity contribution < 1.29 is 18.3 Å². The first kappa shape index (κ1) is 14.9. The minimum Gasteiger partial charge on any atom is -0.494 e. The molecule has 0 fully saturated rings. The molecule has 0 aromatic heterocycles. The summed E-state index contributed by atoms with van der Waals surface area (Å²) in [6, 6.07) is 6.98. The molecule has 0 aliphatic rings. The summed E-state index contributed by atoms with van der Waals surface area (Å²) in [5, 5.41) is 2.92. The maximum absolute atomic E-state index is 13.6. The molecule has 21 heavy (non-hydrogen) atoms. The maximum atomic E-state index is 13.6. The molecule has 2 aromatic rings. The number of nitrogens with two attached hydrogens (primary N) is 1. The van der Waals surface area contributed by atoms with Crippen LogP contribution in [0.2, 0.25) is 0 Å². The number of nitrogens with one attached hydrogen (secondary N) is 1. The predicted molar refractivity (Wildman–Crippen MR) is 78.2 cm³/mol. The molecule has 0 aliphatic carbocycles. The van der Waals surface area contributed by atoms with Crippen LogP contribution in [0.4, 0.5) is 25.8 Å². The van der Waals surface area contributed by atoms with E-state index in [4.69, 9.17) is 15.2 Å². The summed E-state index contributed by atoms with van der Waals surface area (Å²) in [6.45, 7) is 2.08. The first-order valence-electron chi connectivity index (χ1n) is 6.37. The standard InChI is InChI=1S/C15H16F2N2O2/c1-3-21-15-8-13(12(18)7-11(15)17)19-9-4-5-14(20-2)10(16)6-9/h4-8,19H,3,18H2,1-2H3. The molecule has 0 spiro atoms. The van der Waals surface area contributed by atoms with Gasteiger partial charge in [-0.2, -0.15) is 0 Å². The van der Waals surface area contributed by atoms with E-state index < -0.39 is 11.6 Å². The van der Waals surface area contributed by atoms with Crippen LogP contribution in [0, 0.1) is 11.6 Å². The van der Waals surface area contributed by atoms with E-state index in [-0.39, 0.29) is 17.2 Å². The Hall–Kier alpha value is -2.50. The molecule has 0 atom stereocenters. The Labute approximate surface area is 121 Å². The first-order valence-corrected chi connectivity index (χ1v) is 6.37. The van der Waals surface area contributed by atoms with Gasteiger partial charge in [-0.15, -0.1) is 0 Å². The second-order valence-electron chi connectivity index (χ2n) is 4.28. The third-order valence-electron chi connectivity index (χ3n) is 2.83. The summed E-state index contributed by atoms with van der Waals surface area (Å²) in [6.07, 6.45) is 0. The minimum absolute atomic E-state index is 0.0863. The molecule has 0 unspecified atom stereocenters. The van der Waals surface area contributed by atoms with Crippen molar-refractivity contribution in [1.29, 1.82) is 0 Å². The number of rotatable bonds is 5. The summed E-state index contributed by atoms with van der Waals surface area (Å²) in [4.78, 5) is 0. The summed E-state index contributed by atoms with van der Waals surface area (Å²) in [7, 11) is 1.39. The van der Waals surface area contributed by atoms with Gasteiger partial charge in [-0.1, -0.05) is 0 Å². The smallest absolute Gasteiger partial charge is 0.167 e. The molecular weight excluding hydrogens is 278 g/mol. The SMILES string of the molecule is CCOc1cc(Nc2ccc(OC)c(F)c2)c(N)cc1F. The van der Waals surface area contributed by atoms with Crippen LogP contribution in [0.3, 0.4) is 0 Å². The molecule has 3 N–H and O–H groups in total. The first-order chi connectivity index (χ1) is 10.0. The number of anilines is 3. The van der Waals surface area contributed by atoms with Gasteiger partial charge in [0.15, 0.2) is 23.1 Å². The van der Waals surface area contributed by atoms with Crippen LogP contribution in [0.15, 0.2) is 30.3 Å². The molecule has 0 saturated carbocycles. The largest absolute Gasteiger partial charge is 0.494 e. The van der Waals surface area contributed by atoms with Crippen LogP contribution in [0.1, 0.15) is 6.92 Å². The number of benzene rings is 2. The zero-order chi connectivity index (χ0) is 15.4. The number of nitrogen functional groups attached to an aromatic ring is 1. The fourth-order valence-electron chi connectivity index (χ4n) is 1.84. The normalized spacial score (nSPS) is 10.3. The van der Waals surface area contributed by atoms with E-state index in [0.717, 1.165) is 6.07 Å². The van der Waals surface area contributed by atoms with Gasteiger partial charge >= 0.3 is 0 Å². The molecule has 0 bridgehead atoms. The third-order valence-corrected chi connectivity index (χ3v) is 2.83. The lowest BCUT2D eigenvalue weighted by atomic mass is 10.2. The van der Waals surface area contributed by atoms with Crippen molar-refractivity contribution in [3.63, 3.8) is 0 Å². The molecule has 0 saturated heterocycles. The van der Waals surface area contributed by atoms with E-state index in [1.54, 1.807) is 13.0 Å². The molecule has 2 rings (SSSR count). The van der Waals surface area contributed by atoms with Crippen molar-refractivity contribution in [2.45, 2.75) is 6.92 Å². The fourth-order valence-corrected chi connectivity index (χ4v) is 1.84. The molecule has 112 valence electrons. The van der Waals surface area contributed by atoms with Gasteiger partial charge in [-0.05, 0) is 19.1 Å². The van der Waals surface area contributed by atoms with Crippen LogP contribution >= 0.6 is 0 Å². The van der Waals surface area contributed by atoms with E-state index in [9.17, 15) is 8.78 Å². The average Bonchev–Trinajstić information content (AvgIpc) is 2.44. The van der Waals surface area contributed by atoms with E-state index in [1.807, 2.05) is 0 Å². The Kier molecular flexibility index (Phi) is 4.47. The molecule has 0 heterocycles. The number of methoxy groups -OCH3 is 1. The van der Waals surface area contributed by atoms with Crippen molar-refractivity contribution >= 4 is 17.1 Å². The van der Waals surface area contributed by atoms with Crippen molar-refractivity contribution in [1.82, 2.24) is 0 Å². The van der Waals surface area contributed by atoms with Crippen molar-refractivity contribution in [3.05, 3.63) is 42.0 Å². The highest BCUT2D eigenvalue weighted by Crippen LogP contribution is 2.31. The van der Waals surface area contributed by atoms with Gasteiger partial charge in [0.2, 0.25) is 0 Å². The number of ether oxygens (including phenoxy) is 2. The Morgan fingerprint density at radius 3 is 2.43 bits per heavy atom. The minimum atomic E-state index is -0.541. The highest BCUT2D eigenvalue weighted by molar-refractivity contribution is 5.74. The molecule has 0 aliphatic heterocycles. The van der Waals surface area contributed by atoms with Gasteiger partial charge in [0.1, 0.15) is 0 Å². The monoisotopic (exact) mass is 294 g/mol. The van der Waals surface area contributed by atoms with E-state index in [1.165, 1.54) is 25.3 Å². The summed E-state index contributed by atoms with van der Waals surface area (Å²) in [5.41, 5.74) is 6.85. The summed E-state index contributed by atoms with van der Waals surface area (Å²) < 4.78 is 37.3. The molecule has 2 aromatic carbocycles. The van der Waals surface area contributed by atoms with Crippen LogP contribution in [0.5, 0.6) is 11.5 Å². The topological polar surface area (TPSA) is 56.5 Å². The van der Waals surface area contributed by atoms with E-state index in [2.05, 4.69) is 5.32 Å². The zero-order valence-corrected chi connectivity index (χ0v) is 11.7. The van der Waals surface area contributed by atoms with Crippen molar-refractivity contribution in [2.75, 3.05) is 24.8 Å². The van der Waals surface area contributed by atoms with Gasteiger partial charge in [0, 0.05) is 23.9 Å². The lowest BCUT2D eigenvalue weighted by Crippen LogP contribution is -2.01. The number of halogens is 2. The lowest BCUT2D eigenvalue weighted by Gasteiger charge is -2.13. The quantitative estimate of drug-likeness (QED) is 0.826. The average molecular weight is 294 g/mol. The second-order valence-corrected chi connectivity index (χ2v) is 4.28. The van der Waals surface area contributed by atoms with Gasteiger partial charge in [-0.3, -0.25) is 0 Å². The fraction of sp³-hybridized carbons (Fsp3) is 0.200. The highest BCUT2D eigenvalue weighted by Gasteiger charge is 2.10. The Morgan fingerprint density at radius 1 is 1.10 bits per heavy atom. The predicted octanol–water partition coefficient (Wildman–Crippen LogP) is 3.70. The van der Waals surface area contributed by atoms with E-state index in [0.29, 0.717) is 18.0 Å². The highest BCUT2D eigenvalue weighted by atomic mass is 19.1. The maximum Gasteiger partial charge on any atom is 0.167 e. The van der Waals surface area contributed by atoms with Crippen molar-refractivity contribution in [3.8, 4) is 11.5 Å². The van der Waals surface area contributed by atoms with Gasteiger partial charge in [-0.25, -0.2) is 8.78 Å². The van der Waals surface area contributed by atoms with Crippen LogP contribution in [0.25, 0.3) is 0 Å². The molecule has 0 amide bonds. The zero-order valence-electron chi connectivity index (χ0n) is 11.7. The number of hydrogen-bond acceptors (Lipinski definition) is 4. The van der Waals surface area contributed by atoms with Crippen LogP contribution < -0.4 is 20.5 Å². The van der Waals surface area contributed by atoms with Crippen LogP contribution in [-0.4, -0.2) is 13.7 Å². The van der Waals surface area contributed by atoms with Crippen molar-refractivity contribution in [2.24, 2.45) is 0 Å². The Bertz CT molecular complexity index is 648. The van der Waals surface area contributed by atoms with Gasteiger partial charge in [0.25, 0.3) is 0 Å². The lowest BCUT2D eigenvalue weighted by molar-refractivity contribution is 0.322. The Balaban J connectivity index is 2.30. The molecule has 6 heteroatoms. The Morgan fingerprint density at radius 2 is 1.81 bits per heavy atom.